The van der Waals surface area contributed by atoms with Crippen LogP contribution in [0.1, 0.15) is 26.5 Å². The fraction of sp³-hybridized carbons (Fsp3) is 0.571. The van der Waals surface area contributed by atoms with Crippen molar-refractivity contribution in [3.8, 4) is 0 Å². The van der Waals surface area contributed by atoms with Gasteiger partial charge < -0.3 is 20.1 Å². The van der Waals surface area contributed by atoms with Crippen LogP contribution in [0.15, 0.2) is 5.38 Å². The summed E-state index contributed by atoms with van der Waals surface area (Å²) in [6, 6.07) is -0.748. The van der Waals surface area contributed by atoms with E-state index in [1.54, 1.807) is 26.2 Å². The molecule has 1 atom stereocenters. The Labute approximate surface area is 138 Å². The molecule has 0 bridgehead atoms. The predicted molar refractivity (Wildman–Crippen MR) is 85.2 cm³/mol. The Morgan fingerprint density at radius 2 is 2.04 bits per heavy atom. The van der Waals surface area contributed by atoms with Crippen molar-refractivity contribution in [2.45, 2.75) is 33.2 Å². The SMILES string of the molecule is CCOC(=O)N[C@H](C(=O)Nc1nc(CC(=O)OC)cs1)C(C)C. The molecular weight excluding hydrogens is 322 g/mol. The molecule has 23 heavy (non-hydrogen) atoms. The molecule has 0 aliphatic carbocycles. The number of thiazole rings is 1. The summed E-state index contributed by atoms with van der Waals surface area (Å²) < 4.78 is 9.35. The third kappa shape index (κ3) is 6.23. The number of esters is 1. The number of carbonyl (C=O) groups is 3. The van der Waals surface area contributed by atoms with Crippen molar-refractivity contribution in [1.82, 2.24) is 10.3 Å². The summed E-state index contributed by atoms with van der Waals surface area (Å²) in [4.78, 5) is 39.1. The van der Waals surface area contributed by atoms with Gasteiger partial charge in [-0.3, -0.25) is 9.59 Å². The smallest absolute Gasteiger partial charge is 0.407 e. The minimum atomic E-state index is -0.748. The van der Waals surface area contributed by atoms with Crippen LogP contribution < -0.4 is 10.6 Å². The number of rotatable bonds is 7. The third-order valence-electron chi connectivity index (χ3n) is 2.83. The lowest BCUT2D eigenvalue weighted by Crippen LogP contribution is -2.47. The third-order valence-corrected chi connectivity index (χ3v) is 3.64. The summed E-state index contributed by atoms with van der Waals surface area (Å²) in [6.45, 7) is 5.52. The van der Waals surface area contributed by atoms with Crippen LogP contribution in [0.5, 0.6) is 0 Å². The standard InChI is InChI=1S/C14H21N3O5S/c1-5-22-14(20)16-11(8(2)3)12(19)17-13-15-9(7-23-13)6-10(18)21-4/h7-8,11H,5-6H2,1-4H3,(H,16,20)(H,15,17,19)/t11-/m0/s1. The van der Waals surface area contributed by atoms with Gasteiger partial charge in [0.25, 0.3) is 0 Å². The number of anilines is 1. The van der Waals surface area contributed by atoms with Crippen molar-refractivity contribution in [3.05, 3.63) is 11.1 Å². The van der Waals surface area contributed by atoms with Crippen molar-refractivity contribution in [2.24, 2.45) is 5.92 Å². The highest BCUT2D eigenvalue weighted by Crippen LogP contribution is 2.17. The summed E-state index contributed by atoms with van der Waals surface area (Å²) in [5, 5.41) is 7.16. The Morgan fingerprint density at radius 1 is 1.35 bits per heavy atom. The van der Waals surface area contributed by atoms with Crippen LogP contribution >= 0.6 is 11.3 Å². The van der Waals surface area contributed by atoms with E-state index < -0.39 is 24.0 Å². The molecule has 0 unspecified atom stereocenters. The molecule has 2 amide bonds. The van der Waals surface area contributed by atoms with Crippen LogP contribution in [0.3, 0.4) is 0 Å². The highest BCUT2D eigenvalue weighted by Gasteiger charge is 2.25. The molecule has 128 valence electrons. The van der Waals surface area contributed by atoms with Gasteiger partial charge in [-0.05, 0) is 12.8 Å². The number of ether oxygens (including phenoxy) is 2. The van der Waals surface area contributed by atoms with E-state index in [1.807, 2.05) is 0 Å². The first-order valence-corrected chi connectivity index (χ1v) is 8.00. The van der Waals surface area contributed by atoms with Gasteiger partial charge in [-0.2, -0.15) is 0 Å². The molecule has 0 saturated heterocycles. The summed E-state index contributed by atoms with van der Waals surface area (Å²) in [6.07, 6.45) is -0.607. The van der Waals surface area contributed by atoms with Gasteiger partial charge in [0.05, 0.1) is 25.8 Å². The number of carbonyl (C=O) groups excluding carboxylic acids is 3. The molecule has 0 aliphatic rings. The van der Waals surface area contributed by atoms with Crippen molar-refractivity contribution in [2.75, 3.05) is 19.0 Å². The fourth-order valence-electron chi connectivity index (χ4n) is 1.68. The van der Waals surface area contributed by atoms with E-state index in [2.05, 4.69) is 20.4 Å². The van der Waals surface area contributed by atoms with E-state index in [-0.39, 0.29) is 18.9 Å². The highest BCUT2D eigenvalue weighted by molar-refractivity contribution is 7.13. The Morgan fingerprint density at radius 3 is 2.61 bits per heavy atom. The zero-order chi connectivity index (χ0) is 17.4. The van der Waals surface area contributed by atoms with E-state index >= 15 is 0 Å². The molecule has 0 saturated carbocycles. The van der Waals surface area contributed by atoms with Gasteiger partial charge in [-0.1, -0.05) is 13.8 Å². The first kappa shape index (κ1) is 18.9. The average molecular weight is 343 g/mol. The Kier molecular flexibility index (Phi) is 7.46. The van der Waals surface area contributed by atoms with Crippen molar-refractivity contribution in [3.63, 3.8) is 0 Å². The number of nitrogens with one attached hydrogen (secondary N) is 2. The minimum Gasteiger partial charge on any atom is -0.469 e. The summed E-state index contributed by atoms with van der Waals surface area (Å²) in [7, 11) is 1.30. The average Bonchev–Trinajstić information content (AvgIpc) is 2.91. The summed E-state index contributed by atoms with van der Waals surface area (Å²) in [5.41, 5.74) is 0.511. The normalized spacial score (nSPS) is 11.7. The predicted octanol–water partition coefficient (Wildman–Crippen LogP) is 1.57. The number of aromatic nitrogens is 1. The first-order valence-electron chi connectivity index (χ1n) is 7.12. The van der Waals surface area contributed by atoms with Crippen LogP contribution in [0.2, 0.25) is 0 Å². The van der Waals surface area contributed by atoms with E-state index in [0.29, 0.717) is 10.8 Å². The molecular formula is C14H21N3O5S. The molecule has 0 aromatic carbocycles. The lowest BCUT2D eigenvalue weighted by atomic mass is 10.0. The lowest BCUT2D eigenvalue weighted by molar-refractivity contribution is -0.139. The maximum absolute atomic E-state index is 12.3. The summed E-state index contributed by atoms with van der Waals surface area (Å²) in [5.74, 6) is -0.932. The number of methoxy groups -OCH3 is 1. The minimum absolute atomic E-state index is 0.0392. The molecule has 1 rings (SSSR count). The molecule has 0 spiro atoms. The van der Waals surface area contributed by atoms with E-state index in [9.17, 15) is 14.4 Å². The number of alkyl carbamates (subject to hydrolysis) is 1. The first-order chi connectivity index (χ1) is 10.9. The molecule has 0 fully saturated rings. The van der Waals surface area contributed by atoms with Crippen LogP contribution in [0.4, 0.5) is 9.93 Å². The number of nitrogens with zero attached hydrogens (tertiary/aromatic N) is 1. The molecule has 2 N–H and O–H groups in total. The maximum atomic E-state index is 12.3. The second-order valence-corrected chi connectivity index (χ2v) is 5.83. The zero-order valence-corrected chi connectivity index (χ0v) is 14.4. The maximum Gasteiger partial charge on any atom is 0.407 e. The lowest BCUT2D eigenvalue weighted by Gasteiger charge is -2.20. The monoisotopic (exact) mass is 343 g/mol. The number of hydrogen-bond acceptors (Lipinski definition) is 7. The van der Waals surface area contributed by atoms with Gasteiger partial charge >= 0.3 is 12.1 Å². The Bertz CT molecular complexity index is 558. The molecule has 0 radical (unpaired) electrons. The Hall–Kier alpha value is -2.16. The highest BCUT2D eigenvalue weighted by atomic mass is 32.1. The molecule has 1 heterocycles. The molecule has 1 aromatic heterocycles. The van der Waals surface area contributed by atoms with Crippen LogP contribution in [0.25, 0.3) is 0 Å². The largest absolute Gasteiger partial charge is 0.469 e. The molecule has 0 aliphatic heterocycles. The van der Waals surface area contributed by atoms with E-state index in [0.717, 1.165) is 0 Å². The molecule has 1 aromatic rings. The molecule has 9 heteroatoms. The second kappa shape index (κ2) is 9.09. The number of amides is 2. The van der Waals surface area contributed by atoms with Gasteiger partial charge in [-0.15, -0.1) is 11.3 Å². The fourth-order valence-corrected chi connectivity index (χ4v) is 2.40. The van der Waals surface area contributed by atoms with Crippen molar-refractivity contribution in [1.29, 1.82) is 0 Å². The number of hydrogen-bond donors (Lipinski definition) is 2. The zero-order valence-electron chi connectivity index (χ0n) is 13.5. The van der Waals surface area contributed by atoms with Crippen LogP contribution in [-0.2, 0) is 25.5 Å². The molecule has 8 nitrogen and oxygen atoms in total. The second-order valence-electron chi connectivity index (χ2n) is 4.97. The van der Waals surface area contributed by atoms with Gasteiger partial charge in [0, 0.05) is 5.38 Å². The van der Waals surface area contributed by atoms with E-state index in [1.165, 1.54) is 18.4 Å². The summed E-state index contributed by atoms with van der Waals surface area (Å²) >= 11 is 1.19. The van der Waals surface area contributed by atoms with Gasteiger partial charge in [-0.25, -0.2) is 9.78 Å². The van der Waals surface area contributed by atoms with Gasteiger partial charge in [0.15, 0.2) is 5.13 Å². The van der Waals surface area contributed by atoms with Crippen LogP contribution in [-0.4, -0.2) is 42.7 Å². The van der Waals surface area contributed by atoms with E-state index in [4.69, 9.17) is 4.74 Å². The van der Waals surface area contributed by atoms with Gasteiger partial charge in [0.1, 0.15) is 6.04 Å². The Balaban J connectivity index is 2.67. The topological polar surface area (TPSA) is 107 Å². The van der Waals surface area contributed by atoms with Crippen molar-refractivity contribution >= 4 is 34.4 Å². The quantitative estimate of drug-likeness (QED) is 0.728. The van der Waals surface area contributed by atoms with Crippen molar-refractivity contribution < 1.29 is 23.9 Å². The van der Waals surface area contributed by atoms with Gasteiger partial charge in [0.2, 0.25) is 5.91 Å². The van der Waals surface area contributed by atoms with Crippen LogP contribution in [0, 0.1) is 5.92 Å².